The molecule has 2 saturated heterocycles. The zero-order chi connectivity index (χ0) is 22.8. The van der Waals surface area contributed by atoms with Gasteiger partial charge in [-0.2, -0.15) is 5.10 Å². The number of piperidine rings is 1. The second-order valence-electron chi connectivity index (χ2n) is 8.85. The Labute approximate surface area is 193 Å². The van der Waals surface area contributed by atoms with Crippen LogP contribution in [-0.2, 0) is 11.2 Å². The average Bonchev–Trinajstić information content (AvgIpc) is 3.35. The first kappa shape index (κ1) is 21.4. The molecule has 0 bridgehead atoms. The first-order valence-corrected chi connectivity index (χ1v) is 11.5. The SMILES string of the molecule is CN=Cc1cc(-c2cn[nH]c2)ccc1N1CC2CCN(C(=O)CCc3ccccc3F)CC21. The molecule has 3 heterocycles. The van der Waals surface area contributed by atoms with Crippen LogP contribution >= 0.6 is 0 Å². The Hall–Kier alpha value is -3.48. The standard InChI is InChI=1S/C26H28FN5O/c1-28-13-21-12-19(22-14-29-30-15-22)6-8-24(21)32-16-20-10-11-31(17-25(20)32)26(33)9-7-18-4-2-3-5-23(18)27/h2-6,8,12-15,20,25H,7,9-11,16-17H2,1H3,(H,29,30). The maximum Gasteiger partial charge on any atom is 0.222 e. The van der Waals surface area contributed by atoms with Crippen molar-refractivity contribution in [1.82, 2.24) is 15.1 Å². The van der Waals surface area contributed by atoms with Gasteiger partial charge in [-0.3, -0.25) is 14.9 Å². The van der Waals surface area contributed by atoms with E-state index in [2.05, 4.69) is 38.3 Å². The van der Waals surface area contributed by atoms with E-state index in [1.807, 2.05) is 29.6 Å². The van der Waals surface area contributed by atoms with Crippen LogP contribution in [0.2, 0.25) is 0 Å². The predicted molar refractivity (Wildman–Crippen MR) is 128 cm³/mol. The summed E-state index contributed by atoms with van der Waals surface area (Å²) in [7, 11) is 1.78. The number of benzene rings is 2. The lowest BCUT2D eigenvalue weighted by molar-refractivity contribution is -0.133. The second-order valence-corrected chi connectivity index (χ2v) is 8.85. The molecule has 2 atom stereocenters. The number of carbonyl (C=O) groups excluding carboxylic acids is 1. The fraction of sp³-hybridized carbons (Fsp3) is 0.346. The number of rotatable bonds is 6. The molecule has 0 saturated carbocycles. The second kappa shape index (κ2) is 9.17. The highest BCUT2D eigenvalue weighted by Gasteiger charge is 2.44. The fourth-order valence-electron chi connectivity index (χ4n) is 5.05. The van der Waals surface area contributed by atoms with Crippen LogP contribution < -0.4 is 4.90 Å². The monoisotopic (exact) mass is 445 g/mol. The number of fused-ring (bicyclic) bond motifs is 1. The minimum absolute atomic E-state index is 0.106. The maximum atomic E-state index is 13.9. The van der Waals surface area contributed by atoms with Gasteiger partial charge in [0.2, 0.25) is 5.91 Å². The van der Waals surface area contributed by atoms with Crippen LogP contribution in [0.15, 0.2) is 59.9 Å². The molecule has 2 fully saturated rings. The van der Waals surface area contributed by atoms with Crippen molar-refractivity contribution in [3.63, 3.8) is 0 Å². The number of nitrogens with zero attached hydrogens (tertiary/aromatic N) is 4. The van der Waals surface area contributed by atoms with Gasteiger partial charge in [-0.05, 0) is 42.2 Å². The van der Waals surface area contributed by atoms with E-state index >= 15 is 0 Å². The molecular weight excluding hydrogens is 417 g/mol. The van der Waals surface area contributed by atoms with Crippen molar-refractivity contribution >= 4 is 17.8 Å². The third-order valence-corrected chi connectivity index (χ3v) is 6.91. The number of H-pyrrole nitrogens is 1. The molecule has 2 aliphatic rings. The van der Waals surface area contributed by atoms with Crippen molar-refractivity contribution in [2.24, 2.45) is 10.9 Å². The lowest BCUT2D eigenvalue weighted by Crippen LogP contribution is -2.65. The fourth-order valence-corrected chi connectivity index (χ4v) is 5.05. The smallest absolute Gasteiger partial charge is 0.222 e. The van der Waals surface area contributed by atoms with Gasteiger partial charge in [0.15, 0.2) is 0 Å². The van der Waals surface area contributed by atoms with Crippen LogP contribution in [0, 0.1) is 11.7 Å². The molecule has 3 aromatic rings. The van der Waals surface area contributed by atoms with Crippen molar-refractivity contribution < 1.29 is 9.18 Å². The summed E-state index contributed by atoms with van der Waals surface area (Å²) in [6.07, 6.45) is 7.38. The van der Waals surface area contributed by atoms with Gasteiger partial charge < -0.3 is 9.80 Å². The van der Waals surface area contributed by atoms with E-state index in [0.29, 0.717) is 36.9 Å². The van der Waals surface area contributed by atoms with Crippen molar-refractivity contribution in [2.75, 3.05) is 31.6 Å². The highest BCUT2D eigenvalue weighted by atomic mass is 19.1. The Morgan fingerprint density at radius 3 is 2.91 bits per heavy atom. The summed E-state index contributed by atoms with van der Waals surface area (Å²) in [6.45, 7) is 2.50. The number of carbonyl (C=O) groups is 1. The summed E-state index contributed by atoms with van der Waals surface area (Å²) >= 11 is 0. The maximum absolute atomic E-state index is 13.9. The molecule has 2 unspecified atom stereocenters. The van der Waals surface area contributed by atoms with Crippen LogP contribution in [0.5, 0.6) is 0 Å². The Balaban J connectivity index is 1.28. The van der Waals surface area contributed by atoms with Crippen molar-refractivity contribution in [2.45, 2.75) is 25.3 Å². The van der Waals surface area contributed by atoms with E-state index < -0.39 is 0 Å². The van der Waals surface area contributed by atoms with Crippen molar-refractivity contribution in [1.29, 1.82) is 0 Å². The summed E-state index contributed by atoms with van der Waals surface area (Å²) in [5, 5.41) is 6.91. The van der Waals surface area contributed by atoms with E-state index in [-0.39, 0.29) is 11.7 Å². The largest absolute Gasteiger partial charge is 0.366 e. The number of aliphatic imine (C=N–C) groups is 1. The van der Waals surface area contributed by atoms with Gasteiger partial charge in [0.25, 0.3) is 0 Å². The van der Waals surface area contributed by atoms with Crippen molar-refractivity contribution in [3.8, 4) is 11.1 Å². The number of hydrogen-bond acceptors (Lipinski definition) is 4. The molecule has 6 nitrogen and oxygen atoms in total. The zero-order valence-corrected chi connectivity index (χ0v) is 18.7. The molecule has 1 aromatic heterocycles. The molecule has 33 heavy (non-hydrogen) atoms. The molecular formula is C26H28FN5O. The molecule has 0 spiro atoms. The summed E-state index contributed by atoms with van der Waals surface area (Å²) < 4.78 is 13.9. The third kappa shape index (κ3) is 4.27. The minimum atomic E-state index is -0.238. The topological polar surface area (TPSA) is 64.6 Å². The molecule has 7 heteroatoms. The van der Waals surface area contributed by atoms with Gasteiger partial charge in [-0.1, -0.05) is 24.3 Å². The van der Waals surface area contributed by atoms with Gasteiger partial charge in [-0.15, -0.1) is 0 Å². The first-order valence-electron chi connectivity index (χ1n) is 11.5. The summed E-state index contributed by atoms with van der Waals surface area (Å²) in [4.78, 5) is 21.5. The highest BCUT2D eigenvalue weighted by Crippen LogP contribution is 2.39. The van der Waals surface area contributed by atoms with E-state index in [1.54, 1.807) is 19.2 Å². The number of likely N-dealkylation sites (tertiary alicyclic amines) is 1. The number of aromatic nitrogens is 2. The summed E-state index contributed by atoms with van der Waals surface area (Å²) in [6, 6.07) is 13.4. The van der Waals surface area contributed by atoms with Crippen LogP contribution in [-0.4, -0.2) is 59.9 Å². The number of anilines is 1. The molecule has 1 N–H and O–H groups in total. The zero-order valence-electron chi connectivity index (χ0n) is 18.7. The van der Waals surface area contributed by atoms with E-state index in [4.69, 9.17) is 0 Å². The van der Waals surface area contributed by atoms with Crippen LogP contribution in [0.25, 0.3) is 11.1 Å². The highest BCUT2D eigenvalue weighted by molar-refractivity contribution is 5.91. The quantitative estimate of drug-likeness (QED) is 0.585. The molecule has 5 rings (SSSR count). The normalized spacial score (nSPS) is 20.1. The number of amides is 1. The molecule has 2 aliphatic heterocycles. The van der Waals surface area contributed by atoms with E-state index in [0.717, 1.165) is 41.9 Å². The Kier molecular flexibility index (Phi) is 5.94. The Bertz CT molecular complexity index is 1160. The summed E-state index contributed by atoms with van der Waals surface area (Å²) in [5.74, 6) is 0.466. The summed E-state index contributed by atoms with van der Waals surface area (Å²) in [5.41, 5.74) is 4.95. The molecule has 170 valence electrons. The van der Waals surface area contributed by atoms with Crippen LogP contribution in [0.1, 0.15) is 24.0 Å². The first-order chi connectivity index (χ1) is 16.1. The molecule has 2 aromatic carbocycles. The number of aromatic amines is 1. The molecule has 0 radical (unpaired) electrons. The van der Waals surface area contributed by atoms with Gasteiger partial charge >= 0.3 is 0 Å². The number of halogens is 1. The van der Waals surface area contributed by atoms with E-state index in [9.17, 15) is 9.18 Å². The van der Waals surface area contributed by atoms with E-state index in [1.165, 1.54) is 6.07 Å². The molecule has 1 amide bonds. The number of aryl methyl sites for hydroxylation is 1. The Morgan fingerprint density at radius 1 is 1.24 bits per heavy atom. The third-order valence-electron chi connectivity index (χ3n) is 6.91. The molecule has 0 aliphatic carbocycles. The lowest BCUT2D eigenvalue weighted by Gasteiger charge is -2.55. The van der Waals surface area contributed by atoms with Gasteiger partial charge in [-0.25, -0.2) is 4.39 Å². The lowest BCUT2D eigenvalue weighted by atomic mass is 9.81. The van der Waals surface area contributed by atoms with Gasteiger partial charge in [0.1, 0.15) is 5.82 Å². The Morgan fingerprint density at radius 2 is 2.12 bits per heavy atom. The van der Waals surface area contributed by atoms with Crippen molar-refractivity contribution in [3.05, 3.63) is 71.8 Å². The van der Waals surface area contributed by atoms with Crippen LogP contribution in [0.4, 0.5) is 10.1 Å². The van der Waals surface area contributed by atoms with Crippen LogP contribution in [0.3, 0.4) is 0 Å². The average molecular weight is 446 g/mol. The number of nitrogens with one attached hydrogen (secondary N) is 1. The minimum Gasteiger partial charge on any atom is -0.366 e. The predicted octanol–water partition coefficient (Wildman–Crippen LogP) is 3.93. The number of hydrogen-bond donors (Lipinski definition) is 1. The van der Waals surface area contributed by atoms with Gasteiger partial charge in [0.05, 0.1) is 12.2 Å². The van der Waals surface area contributed by atoms with Gasteiger partial charge in [0, 0.05) is 68.2 Å².